The number of aliphatic imine (C=N–C) groups is 1. The second-order valence-electron chi connectivity index (χ2n) is 5.86. The highest BCUT2D eigenvalue weighted by molar-refractivity contribution is 6.04. The summed E-state index contributed by atoms with van der Waals surface area (Å²) in [6.07, 6.45) is 1.75. The molecule has 0 fully saturated rings. The van der Waals surface area contributed by atoms with Crippen LogP contribution in [-0.4, -0.2) is 24.1 Å². The minimum Gasteiger partial charge on any atom is -0.322 e. The largest absolute Gasteiger partial charge is 0.322 e. The third-order valence-corrected chi connectivity index (χ3v) is 3.76. The van der Waals surface area contributed by atoms with E-state index in [2.05, 4.69) is 20.5 Å². The topological polar surface area (TPSA) is 109 Å². The van der Waals surface area contributed by atoms with Crippen molar-refractivity contribution in [2.24, 2.45) is 15.2 Å². The van der Waals surface area contributed by atoms with Crippen molar-refractivity contribution in [1.82, 2.24) is 0 Å². The maximum Gasteiger partial charge on any atom is 0.269 e. The van der Waals surface area contributed by atoms with E-state index in [-0.39, 0.29) is 19.0 Å². The van der Waals surface area contributed by atoms with Crippen molar-refractivity contribution in [3.63, 3.8) is 0 Å². The minimum atomic E-state index is -0.510. The highest BCUT2D eigenvalue weighted by Gasteiger charge is 2.09. The Balaban J connectivity index is 0.000000885. The summed E-state index contributed by atoms with van der Waals surface area (Å²) in [5.41, 5.74) is 2.27. The molecular formula is C23H25N5O3. The van der Waals surface area contributed by atoms with Gasteiger partial charge in [0.25, 0.3) is 11.6 Å². The lowest BCUT2D eigenvalue weighted by molar-refractivity contribution is -0.384. The van der Waals surface area contributed by atoms with Crippen LogP contribution < -0.4 is 5.32 Å². The number of nitro groups is 1. The summed E-state index contributed by atoms with van der Waals surface area (Å²) in [6, 6.07) is 21.7. The van der Waals surface area contributed by atoms with Crippen molar-refractivity contribution in [2.75, 3.05) is 12.4 Å². The summed E-state index contributed by atoms with van der Waals surface area (Å²) in [7, 11) is 1.75. The molecule has 8 heteroatoms. The molecule has 0 aliphatic rings. The van der Waals surface area contributed by atoms with E-state index in [4.69, 9.17) is 0 Å². The van der Waals surface area contributed by atoms with Gasteiger partial charge >= 0.3 is 0 Å². The van der Waals surface area contributed by atoms with Crippen molar-refractivity contribution in [3.8, 4) is 0 Å². The van der Waals surface area contributed by atoms with E-state index in [1.54, 1.807) is 37.5 Å². The average molecular weight is 419 g/mol. The van der Waals surface area contributed by atoms with Gasteiger partial charge < -0.3 is 10.3 Å². The fourth-order valence-electron chi connectivity index (χ4n) is 2.16. The lowest BCUT2D eigenvalue weighted by atomic mass is 10.2. The molecule has 0 atom stereocenters. The van der Waals surface area contributed by atoms with Crippen LogP contribution in [0.4, 0.5) is 22.7 Å². The summed E-state index contributed by atoms with van der Waals surface area (Å²) in [5.74, 6) is -0.349. The van der Waals surface area contributed by atoms with Gasteiger partial charge in [-0.1, -0.05) is 25.6 Å². The quantitative estimate of drug-likeness (QED) is 0.217. The van der Waals surface area contributed by atoms with Crippen LogP contribution in [0.1, 0.15) is 24.7 Å². The van der Waals surface area contributed by atoms with Gasteiger partial charge in [-0.15, -0.1) is 0 Å². The van der Waals surface area contributed by atoms with Crippen LogP contribution in [0.15, 0.2) is 94.1 Å². The maximum atomic E-state index is 12.2. The summed E-state index contributed by atoms with van der Waals surface area (Å²) in [4.78, 5) is 25.9. The van der Waals surface area contributed by atoms with Crippen molar-refractivity contribution >= 4 is 34.9 Å². The van der Waals surface area contributed by atoms with E-state index in [1.165, 1.54) is 24.3 Å². The van der Waals surface area contributed by atoms with Crippen LogP contribution in [0.5, 0.6) is 0 Å². The molecule has 3 aromatic carbocycles. The van der Waals surface area contributed by atoms with E-state index < -0.39 is 4.92 Å². The first-order valence-electron chi connectivity index (χ1n) is 9.03. The van der Waals surface area contributed by atoms with Crippen LogP contribution in [0.25, 0.3) is 0 Å². The Morgan fingerprint density at radius 1 is 0.903 bits per heavy atom. The molecule has 31 heavy (non-hydrogen) atoms. The van der Waals surface area contributed by atoms with Crippen molar-refractivity contribution in [1.29, 1.82) is 0 Å². The van der Waals surface area contributed by atoms with Gasteiger partial charge in [-0.05, 0) is 61.7 Å². The van der Waals surface area contributed by atoms with Gasteiger partial charge in [0, 0.05) is 30.4 Å². The second kappa shape index (κ2) is 13.1. The van der Waals surface area contributed by atoms with Gasteiger partial charge in [0.15, 0.2) is 0 Å². The number of nitrogens with one attached hydrogen (secondary N) is 1. The summed E-state index contributed by atoms with van der Waals surface area (Å²) >= 11 is 0. The summed E-state index contributed by atoms with van der Waals surface area (Å²) in [5, 5.41) is 21.6. The number of nitrogens with zero attached hydrogens (tertiary/aromatic N) is 4. The molecule has 0 spiro atoms. The Bertz CT molecular complexity index is 1010. The van der Waals surface area contributed by atoms with Crippen LogP contribution in [-0.2, 0) is 0 Å². The zero-order valence-corrected chi connectivity index (χ0v) is 16.6. The Morgan fingerprint density at radius 2 is 1.42 bits per heavy atom. The highest BCUT2D eigenvalue weighted by atomic mass is 16.6. The number of non-ortho nitro benzene ring substituents is 1. The van der Waals surface area contributed by atoms with Gasteiger partial charge in [-0.3, -0.25) is 14.9 Å². The minimum absolute atomic E-state index is 0. The van der Waals surface area contributed by atoms with Gasteiger partial charge in [-0.25, -0.2) is 0 Å². The third-order valence-electron chi connectivity index (χ3n) is 3.76. The first-order chi connectivity index (χ1) is 14.5. The molecule has 160 valence electrons. The Labute approximate surface area is 181 Å². The highest BCUT2D eigenvalue weighted by Crippen LogP contribution is 2.20. The number of rotatable bonds is 5. The van der Waals surface area contributed by atoms with Gasteiger partial charge in [0.05, 0.1) is 16.3 Å². The molecule has 0 unspecified atom stereocenters. The number of nitro benzene ring substituents is 1. The molecule has 3 rings (SSSR count). The molecule has 1 amide bonds. The van der Waals surface area contributed by atoms with Crippen molar-refractivity contribution < 1.29 is 9.72 Å². The predicted molar refractivity (Wildman–Crippen MR) is 125 cm³/mol. The number of hydrogen-bond acceptors (Lipinski definition) is 6. The van der Waals surface area contributed by atoms with Crippen molar-refractivity contribution in [3.05, 3.63) is 94.5 Å². The maximum absolute atomic E-state index is 12.2. The molecule has 0 bridgehead atoms. The van der Waals surface area contributed by atoms with Crippen LogP contribution in [0.3, 0.4) is 0 Å². The lowest BCUT2D eigenvalue weighted by Crippen LogP contribution is -2.11. The summed E-state index contributed by atoms with van der Waals surface area (Å²) < 4.78 is 0. The molecule has 3 aromatic rings. The average Bonchev–Trinajstić information content (AvgIpc) is 2.79. The first-order valence-corrected chi connectivity index (χ1v) is 9.03. The first kappa shape index (κ1) is 24.8. The van der Waals surface area contributed by atoms with E-state index in [0.717, 1.165) is 5.69 Å². The molecule has 8 nitrogen and oxygen atoms in total. The van der Waals surface area contributed by atoms with E-state index in [1.807, 2.05) is 37.3 Å². The SMILES string of the molecule is C.CC=NC.O=C(Nc1ccc(N=Nc2ccccc2)cc1)c1ccc([N+](=O)[O-])cc1. The molecule has 0 saturated heterocycles. The number of azo groups is 1. The fraction of sp³-hybridized carbons (Fsp3) is 0.130. The standard InChI is InChI=1S/C19H14N4O3.C3H7N.CH4/c24-19(14-6-12-18(13-7-14)23(25)26)20-15-8-10-17(11-9-15)22-21-16-4-2-1-3-5-16;1-3-4-2;/h1-13H,(H,20,24);3H,1-2H3;1H4. The van der Waals surface area contributed by atoms with E-state index >= 15 is 0 Å². The van der Waals surface area contributed by atoms with Crippen LogP contribution in [0.2, 0.25) is 0 Å². The monoisotopic (exact) mass is 419 g/mol. The smallest absolute Gasteiger partial charge is 0.269 e. The fourth-order valence-corrected chi connectivity index (χ4v) is 2.16. The molecule has 0 aromatic heterocycles. The molecule has 1 N–H and O–H groups in total. The number of hydrogen-bond donors (Lipinski definition) is 1. The molecular weight excluding hydrogens is 394 g/mol. The Kier molecular flexibility index (Phi) is 10.5. The summed E-state index contributed by atoms with van der Waals surface area (Å²) in [6.45, 7) is 1.89. The lowest BCUT2D eigenvalue weighted by Gasteiger charge is -2.05. The van der Waals surface area contributed by atoms with Gasteiger partial charge in [0.1, 0.15) is 0 Å². The number of carbonyl (C=O) groups excluding carboxylic acids is 1. The Morgan fingerprint density at radius 3 is 1.90 bits per heavy atom. The third kappa shape index (κ3) is 8.36. The zero-order valence-electron chi connectivity index (χ0n) is 16.6. The molecule has 0 saturated carbocycles. The zero-order chi connectivity index (χ0) is 21.8. The molecule has 0 aliphatic carbocycles. The van der Waals surface area contributed by atoms with Crippen LogP contribution in [0, 0.1) is 10.1 Å². The van der Waals surface area contributed by atoms with Gasteiger partial charge in [-0.2, -0.15) is 10.2 Å². The predicted octanol–water partition coefficient (Wildman–Crippen LogP) is 6.61. The van der Waals surface area contributed by atoms with Crippen molar-refractivity contribution in [2.45, 2.75) is 14.4 Å². The second-order valence-corrected chi connectivity index (χ2v) is 5.86. The Hall–Kier alpha value is -4.20. The number of carbonyl (C=O) groups is 1. The number of amides is 1. The van der Waals surface area contributed by atoms with E-state index in [0.29, 0.717) is 16.9 Å². The number of anilines is 1. The molecule has 0 radical (unpaired) electrons. The van der Waals surface area contributed by atoms with Gasteiger partial charge in [0.2, 0.25) is 0 Å². The number of benzene rings is 3. The molecule has 0 aliphatic heterocycles. The normalized spacial score (nSPS) is 10.1. The van der Waals surface area contributed by atoms with Crippen LogP contribution >= 0.6 is 0 Å². The van der Waals surface area contributed by atoms with E-state index in [9.17, 15) is 14.9 Å². The molecule has 0 heterocycles.